The largest absolute Gasteiger partial charge is 0.413 e. The quantitative estimate of drug-likeness (QED) is 0.593. The van der Waals surface area contributed by atoms with Crippen LogP contribution in [0.5, 0.6) is 0 Å². The highest BCUT2D eigenvalue weighted by molar-refractivity contribution is 6.69. The number of carbonyl (C=O) groups excluding carboxylic acids is 1. The molecule has 0 amide bonds. The maximum absolute atomic E-state index is 11.0. The second-order valence-corrected chi connectivity index (χ2v) is 11.3. The van der Waals surface area contributed by atoms with Gasteiger partial charge in [-0.3, -0.25) is 0 Å². The van der Waals surface area contributed by atoms with E-state index in [4.69, 9.17) is 4.43 Å². The highest BCUT2D eigenvalue weighted by Crippen LogP contribution is 2.35. The fraction of sp³-hybridized carbons (Fsp3) is 0.611. The SMILES string of the molecule is CC.CC(C)(C[C@@](O)(CC=O)c1ccccc1)O[Si](C)(C)C. The van der Waals surface area contributed by atoms with Crippen LogP contribution in [0.4, 0.5) is 0 Å². The van der Waals surface area contributed by atoms with Gasteiger partial charge in [0.2, 0.25) is 0 Å². The van der Waals surface area contributed by atoms with Gasteiger partial charge in [0.05, 0.1) is 11.2 Å². The molecule has 3 nitrogen and oxygen atoms in total. The number of hydrogen-bond acceptors (Lipinski definition) is 3. The number of rotatable bonds is 7. The fourth-order valence-corrected chi connectivity index (χ4v) is 4.48. The first kappa shape index (κ1) is 21.0. The minimum Gasteiger partial charge on any atom is -0.413 e. The highest BCUT2D eigenvalue weighted by atomic mass is 28.4. The number of carbonyl (C=O) groups is 1. The van der Waals surface area contributed by atoms with Gasteiger partial charge in [-0.15, -0.1) is 0 Å². The van der Waals surface area contributed by atoms with Crippen molar-refractivity contribution in [2.45, 2.75) is 71.4 Å². The van der Waals surface area contributed by atoms with Gasteiger partial charge in [0.15, 0.2) is 8.32 Å². The molecule has 4 heteroatoms. The summed E-state index contributed by atoms with van der Waals surface area (Å²) in [6, 6.07) is 9.35. The van der Waals surface area contributed by atoms with E-state index in [1.54, 1.807) is 0 Å². The van der Waals surface area contributed by atoms with Crippen molar-refractivity contribution in [2.75, 3.05) is 0 Å². The van der Waals surface area contributed by atoms with Crippen LogP contribution in [-0.4, -0.2) is 25.3 Å². The van der Waals surface area contributed by atoms with E-state index in [1.807, 2.05) is 58.0 Å². The van der Waals surface area contributed by atoms with Gasteiger partial charge >= 0.3 is 0 Å². The van der Waals surface area contributed by atoms with Crippen LogP contribution in [0.15, 0.2) is 30.3 Å². The van der Waals surface area contributed by atoms with Gasteiger partial charge in [-0.05, 0) is 39.1 Å². The van der Waals surface area contributed by atoms with Crippen LogP contribution < -0.4 is 0 Å². The van der Waals surface area contributed by atoms with Crippen LogP contribution in [0.1, 0.15) is 46.1 Å². The van der Waals surface area contributed by atoms with Gasteiger partial charge in [-0.1, -0.05) is 44.2 Å². The Kier molecular flexibility index (Phi) is 8.22. The van der Waals surface area contributed by atoms with Crippen LogP contribution >= 0.6 is 0 Å². The van der Waals surface area contributed by atoms with Crippen LogP contribution in [0, 0.1) is 0 Å². The van der Waals surface area contributed by atoms with Crippen molar-refractivity contribution in [3.8, 4) is 0 Å². The lowest BCUT2D eigenvalue weighted by Crippen LogP contribution is -2.44. The Hall–Kier alpha value is -0.973. The minimum atomic E-state index is -1.72. The van der Waals surface area contributed by atoms with Crippen LogP contribution in [0.2, 0.25) is 19.6 Å². The van der Waals surface area contributed by atoms with Crippen LogP contribution in [-0.2, 0) is 14.8 Å². The Bertz CT molecular complexity index is 437. The molecule has 1 atom stereocenters. The lowest BCUT2D eigenvalue weighted by Gasteiger charge is -2.39. The minimum absolute atomic E-state index is 0.0789. The maximum atomic E-state index is 11.0. The van der Waals surface area contributed by atoms with Gasteiger partial charge in [-0.25, -0.2) is 0 Å². The summed E-state index contributed by atoms with van der Waals surface area (Å²) >= 11 is 0. The molecule has 0 radical (unpaired) electrons. The second-order valence-electron chi connectivity index (χ2n) is 6.92. The molecule has 0 fully saturated rings. The normalized spacial score (nSPS) is 14.5. The van der Waals surface area contributed by atoms with E-state index in [0.29, 0.717) is 6.42 Å². The lowest BCUT2D eigenvalue weighted by molar-refractivity contribution is -0.115. The van der Waals surface area contributed by atoms with Crippen molar-refractivity contribution in [1.82, 2.24) is 0 Å². The molecule has 0 aliphatic heterocycles. The van der Waals surface area contributed by atoms with Gasteiger partial charge in [-0.2, -0.15) is 0 Å². The summed E-state index contributed by atoms with van der Waals surface area (Å²) in [7, 11) is -1.72. The van der Waals surface area contributed by atoms with E-state index in [1.165, 1.54) is 0 Å². The summed E-state index contributed by atoms with van der Waals surface area (Å²) in [4.78, 5) is 11.0. The Balaban J connectivity index is 0.00000211. The highest BCUT2D eigenvalue weighted by Gasteiger charge is 2.38. The standard InChI is InChI=1S/C16H26O3Si.C2H6/c1-15(2,19-20(3,4)5)13-16(18,11-12-17)14-9-7-6-8-10-14;1-2/h6-10,12,18H,11,13H2,1-5H3;1-2H3/t16-;/m0./s1. The molecule has 0 aromatic heterocycles. The van der Waals surface area contributed by atoms with E-state index >= 15 is 0 Å². The summed E-state index contributed by atoms with van der Waals surface area (Å²) in [6.45, 7) is 14.3. The van der Waals surface area contributed by atoms with Crippen molar-refractivity contribution < 1.29 is 14.3 Å². The van der Waals surface area contributed by atoms with Crippen molar-refractivity contribution in [2.24, 2.45) is 0 Å². The smallest absolute Gasteiger partial charge is 0.184 e. The van der Waals surface area contributed by atoms with Crippen molar-refractivity contribution in [3.05, 3.63) is 35.9 Å². The molecule has 0 aliphatic carbocycles. The molecule has 1 aromatic rings. The second kappa shape index (κ2) is 8.60. The van der Waals surface area contributed by atoms with E-state index in [0.717, 1.165) is 11.8 Å². The molecule has 0 heterocycles. The molecule has 0 spiro atoms. The first-order valence-corrected chi connectivity index (χ1v) is 11.4. The summed E-state index contributed by atoms with van der Waals surface area (Å²) in [5, 5.41) is 10.9. The zero-order valence-corrected chi connectivity index (χ0v) is 16.1. The van der Waals surface area contributed by atoms with E-state index in [2.05, 4.69) is 19.6 Å². The number of hydrogen-bond donors (Lipinski definition) is 1. The average molecular weight is 325 g/mol. The van der Waals surface area contributed by atoms with Gasteiger partial charge in [0, 0.05) is 12.8 Å². The molecule has 0 unspecified atom stereocenters. The maximum Gasteiger partial charge on any atom is 0.184 e. The molecule has 1 N–H and O–H groups in total. The monoisotopic (exact) mass is 324 g/mol. The van der Waals surface area contributed by atoms with Crippen LogP contribution in [0.25, 0.3) is 0 Å². The number of benzene rings is 1. The molecule has 1 rings (SSSR count). The average Bonchev–Trinajstić information content (AvgIpc) is 2.38. The molecule has 0 saturated heterocycles. The Labute approximate surface area is 136 Å². The summed E-state index contributed by atoms with van der Waals surface area (Å²) in [6.07, 6.45) is 1.25. The summed E-state index contributed by atoms with van der Waals surface area (Å²) < 4.78 is 6.15. The van der Waals surface area contributed by atoms with Crippen molar-refractivity contribution in [3.63, 3.8) is 0 Å². The molecule has 1 aromatic carbocycles. The molecular formula is C18H32O3Si. The summed E-state index contributed by atoms with van der Waals surface area (Å²) in [5.41, 5.74) is -0.885. The zero-order valence-electron chi connectivity index (χ0n) is 15.1. The van der Waals surface area contributed by atoms with E-state index in [9.17, 15) is 9.90 Å². The van der Waals surface area contributed by atoms with Crippen LogP contribution in [0.3, 0.4) is 0 Å². The Morgan fingerprint density at radius 3 is 2.05 bits per heavy atom. The Morgan fingerprint density at radius 2 is 1.64 bits per heavy atom. The van der Waals surface area contributed by atoms with Crippen molar-refractivity contribution >= 4 is 14.6 Å². The van der Waals surface area contributed by atoms with Crippen molar-refractivity contribution in [1.29, 1.82) is 0 Å². The predicted molar refractivity (Wildman–Crippen MR) is 95.5 cm³/mol. The van der Waals surface area contributed by atoms with E-state index in [-0.39, 0.29) is 6.42 Å². The third kappa shape index (κ3) is 7.34. The van der Waals surface area contributed by atoms with E-state index < -0.39 is 19.5 Å². The third-order valence-electron chi connectivity index (χ3n) is 3.03. The topological polar surface area (TPSA) is 46.5 Å². The Morgan fingerprint density at radius 1 is 1.14 bits per heavy atom. The zero-order chi connectivity index (χ0) is 17.4. The molecule has 0 bridgehead atoms. The predicted octanol–water partition coefficient (Wildman–Crippen LogP) is 4.51. The molecule has 0 aliphatic rings. The lowest BCUT2D eigenvalue weighted by atomic mass is 9.82. The third-order valence-corrected chi connectivity index (χ3v) is 4.20. The number of aldehydes is 1. The molecule has 22 heavy (non-hydrogen) atoms. The van der Waals surface area contributed by atoms with Gasteiger partial charge in [0.25, 0.3) is 0 Å². The first-order valence-electron chi connectivity index (χ1n) is 8.00. The molecular weight excluding hydrogens is 292 g/mol. The first-order chi connectivity index (χ1) is 10.1. The number of aliphatic hydroxyl groups is 1. The van der Waals surface area contributed by atoms with Gasteiger partial charge < -0.3 is 14.3 Å². The summed E-state index contributed by atoms with van der Waals surface area (Å²) in [5.74, 6) is 0. The molecule has 126 valence electrons. The van der Waals surface area contributed by atoms with Gasteiger partial charge in [0.1, 0.15) is 6.29 Å². The molecule has 0 saturated carbocycles. The fourth-order valence-electron chi connectivity index (χ4n) is 2.75.